The Morgan fingerprint density at radius 1 is 0.812 bits per heavy atom. The molecule has 1 aromatic carbocycles. The molecule has 0 spiro atoms. The number of primary amides is 1. The van der Waals surface area contributed by atoms with E-state index in [1.54, 1.807) is 40.1 Å². The maximum Gasteiger partial charge on any atom is 0.249 e. The van der Waals surface area contributed by atoms with E-state index in [1.807, 2.05) is 13.8 Å². The van der Waals surface area contributed by atoms with Crippen LogP contribution in [-0.2, 0) is 21.7 Å². The Morgan fingerprint density at radius 3 is 1.54 bits per heavy atom. The third-order valence-corrected chi connectivity index (χ3v) is 11.5. The van der Waals surface area contributed by atoms with E-state index in [0.29, 0.717) is 67.1 Å². The number of β-amino-alcohol motifs (C(OH)–C–C–N with tert-alkyl or cyclic N) is 2. The lowest BCUT2D eigenvalue weighted by Gasteiger charge is -2.31. The molecule has 2 saturated heterocycles. The van der Waals surface area contributed by atoms with Crippen molar-refractivity contribution < 1.29 is 15.0 Å². The predicted octanol–water partition coefficient (Wildman–Crippen LogP) is 3.45. The van der Waals surface area contributed by atoms with Crippen LogP contribution in [0.3, 0.4) is 0 Å². The lowest BCUT2D eigenvalue weighted by molar-refractivity contribution is -0.118. The molecule has 3 aromatic rings. The minimum absolute atomic E-state index is 0.124. The molecular weight excluding hydrogens is 647 g/mol. The Labute approximate surface area is 287 Å². The van der Waals surface area contributed by atoms with Crippen LogP contribution in [0, 0.1) is 45.3 Å². The monoisotopic (exact) mass is 679 g/mol. The third-order valence-electron chi connectivity index (χ3n) is 8.54. The number of hydrogen-bond acceptors (Lipinski definition) is 13. The van der Waals surface area contributed by atoms with Crippen molar-refractivity contribution in [3.63, 3.8) is 0 Å². The Hall–Kier alpha value is -4.83. The van der Waals surface area contributed by atoms with Gasteiger partial charge in [-0.2, -0.15) is 21.0 Å². The van der Waals surface area contributed by atoms with Gasteiger partial charge in [-0.25, -0.2) is 9.97 Å². The molecule has 0 radical (unpaired) electrons. The maximum atomic E-state index is 13.9. The van der Waals surface area contributed by atoms with Crippen molar-refractivity contribution in [2.45, 2.75) is 65.9 Å². The Balaban J connectivity index is 1.77. The zero-order valence-electron chi connectivity index (χ0n) is 26.5. The highest BCUT2D eigenvalue weighted by molar-refractivity contribution is 8.18. The summed E-state index contributed by atoms with van der Waals surface area (Å²) in [5.74, 6) is -0.191. The van der Waals surface area contributed by atoms with Crippen LogP contribution in [0.4, 0.5) is 11.6 Å². The zero-order valence-corrected chi connectivity index (χ0v) is 28.1. The molecule has 0 aliphatic carbocycles. The van der Waals surface area contributed by atoms with Gasteiger partial charge in [0.25, 0.3) is 0 Å². The number of nitrogens with two attached hydrogens (primary N) is 1. The number of aliphatic hydroxyl groups excluding tert-OH is 2. The second-order valence-corrected chi connectivity index (χ2v) is 14.1. The number of hydrogen-bond donors (Lipinski definition) is 3. The van der Waals surface area contributed by atoms with Gasteiger partial charge < -0.3 is 25.7 Å². The summed E-state index contributed by atoms with van der Waals surface area (Å²) < 4.78 is -1.74. The first-order valence-electron chi connectivity index (χ1n) is 15.5. The highest BCUT2D eigenvalue weighted by Crippen LogP contribution is 2.54. The number of thioether (sulfide) groups is 2. The van der Waals surface area contributed by atoms with Crippen LogP contribution in [0.2, 0.25) is 0 Å². The quantitative estimate of drug-likeness (QED) is 0.207. The van der Waals surface area contributed by atoms with Crippen LogP contribution in [0.5, 0.6) is 0 Å². The normalized spacial score (nSPS) is 18.4. The highest BCUT2D eigenvalue weighted by Gasteiger charge is 2.45. The molecule has 5 rings (SSSR count). The van der Waals surface area contributed by atoms with Gasteiger partial charge in [-0.05, 0) is 42.4 Å². The second-order valence-electron chi connectivity index (χ2n) is 11.4. The van der Waals surface area contributed by atoms with Crippen LogP contribution in [-0.4, -0.2) is 64.5 Å². The number of pyridine rings is 2. The summed E-state index contributed by atoms with van der Waals surface area (Å²) in [7, 11) is 0. The third kappa shape index (κ3) is 6.24. The van der Waals surface area contributed by atoms with Gasteiger partial charge in [0.1, 0.15) is 46.0 Å². The Kier molecular flexibility index (Phi) is 10.4. The number of nitriles is 4. The summed E-state index contributed by atoms with van der Waals surface area (Å²) in [6.45, 7) is 5.05. The fourth-order valence-electron chi connectivity index (χ4n) is 6.15. The first-order valence-corrected chi connectivity index (χ1v) is 17.1. The van der Waals surface area contributed by atoms with Crippen molar-refractivity contribution in [3.05, 3.63) is 69.3 Å². The number of anilines is 2. The van der Waals surface area contributed by atoms with E-state index in [2.05, 4.69) is 24.3 Å². The average molecular weight is 680 g/mol. The van der Waals surface area contributed by atoms with Gasteiger partial charge in [0.05, 0.1) is 34.5 Å². The Morgan fingerprint density at radius 2 is 1.23 bits per heavy atom. The van der Waals surface area contributed by atoms with Crippen LogP contribution >= 0.6 is 23.5 Å². The van der Waals surface area contributed by atoms with Crippen molar-refractivity contribution in [1.29, 1.82) is 21.0 Å². The molecule has 2 atom stereocenters. The molecule has 2 fully saturated rings. The molecule has 12 nitrogen and oxygen atoms in total. The number of carbonyl (C=O) groups is 1. The fraction of sp³-hybridized carbons (Fsp3) is 0.382. The number of benzene rings is 1. The smallest absolute Gasteiger partial charge is 0.249 e. The number of aliphatic hydroxyl groups is 2. The van der Waals surface area contributed by atoms with Gasteiger partial charge in [-0.3, -0.25) is 4.79 Å². The molecule has 2 aromatic heterocycles. The highest BCUT2D eigenvalue weighted by atomic mass is 32.2. The zero-order chi connectivity index (χ0) is 34.6. The van der Waals surface area contributed by atoms with Gasteiger partial charge in [0.2, 0.25) is 5.91 Å². The van der Waals surface area contributed by atoms with Crippen LogP contribution < -0.4 is 15.5 Å². The first kappa shape index (κ1) is 34.5. The first-order chi connectivity index (χ1) is 23.2. The molecule has 2 aliphatic heterocycles. The summed E-state index contributed by atoms with van der Waals surface area (Å²) in [5.41, 5.74) is 8.38. The van der Waals surface area contributed by atoms with Gasteiger partial charge in [0, 0.05) is 26.2 Å². The topological polar surface area (TPSA) is 211 Å². The summed E-state index contributed by atoms with van der Waals surface area (Å²) in [4.78, 5) is 27.1. The van der Waals surface area contributed by atoms with Crippen molar-refractivity contribution in [1.82, 2.24) is 9.97 Å². The van der Waals surface area contributed by atoms with Crippen LogP contribution in [0.25, 0.3) is 0 Å². The molecule has 4 heterocycles. The second kappa shape index (κ2) is 14.5. The molecular formula is C34H33N9O3S2. The van der Waals surface area contributed by atoms with Crippen molar-refractivity contribution in [2.75, 3.05) is 36.0 Å². The maximum absolute atomic E-state index is 13.9. The number of aromatic nitrogens is 2. The molecule has 244 valence electrons. The molecule has 14 heteroatoms. The minimum atomic E-state index is -1.74. The van der Waals surface area contributed by atoms with Crippen molar-refractivity contribution in [2.24, 2.45) is 5.73 Å². The largest absolute Gasteiger partial charge is 0.391 e. The lowest BCUT2D eigenvalue weighted by atomic mass is 10.0. The van der Waals surface area contributed by atoms with Gasteiger partial charge in [-0.1, -0.05) is 67.7 Å². The average Bonchev–Trinajstić information content (AvgIpc) is 3.74. The van der Waals surface area contributed by atoms with Gasteiger partial charge in [-0.15, -0.1) is 0 Å². The molecule has 4 N–H and O–H groups in total. The molecule has 48 heavy (non-hydrogen) atoms. The van der Waals surface area contributed by atoms with E-state index >= 15 is 0 Å². The predicted molar refractivity (Wildman–Crippen MR) is 181 cm³/mol. The summed E-state index contributed by atoms with van der Waals surface area (Å²) in [6, 6.07) is 17.5. The summed E-state index contributed by atoms with van der Waals surface area (Å²) in [6.07, 6.45) is 0.413. The molecule has 0 bridgehead atoms. The summed E-state index contributed by atoms with van der Waals surface area (Å²) >= 11 is 1.87. The minimum Gasteiger partial charge on any atom is -0.391 e. The van der Waals surface area contributed by atoms with E-state index in [1.165, 1.54) is 0 Å². The molecule has 2 unspecified atom stereocenters. The van der Waals surface area contributed by atoms with E-state index < -0.39 is 22.2 Å². The van der Waals surface area contributed by atoms with E-state index in [0.717, 1.165) is 23.5 Å². The number of carbonyl (C=O) groups excluding carboxylic acids is 1. The standard InChI is InChI=1S/C34H33N9O3S2/c1-3-23-25(14-35)29(42-12-10-21(44)18-42)40-31(27(23)16-37)47-34(33(39)46,20-8-6-5-7-9-20)48-32-28(17-38)24(4-2)26(15-36)30(41-32)43-13-11-22(45)19-43/h5-9,21-22,44-45H,3-4,10-13,18-19H2,1-2H3,(H2,39,46). The van der Waals surface area contributed by atoms with Crippen LogP contribution in [0.1, 0.15) is 65.6 Å². The molecule has 2 aliphatic rings. The van der Waals surface area contributed by atoms with E-state index in [4.69, 9.17) is 15.7 Å². The van der Waals surface area contributed by atoms with Crippen molar-refractivity contribution in [3.8, 4) is 24.3 Å². The number of rotatable bonds is 10. The van der Waals surface area contributed by atoms with Crippen LogP contribution in [0.15, 0.2) is 40.4 Å². The van der Waals surface area contributed by atoms with Gasteiger partial charge >= 0.3 is 0 Å². The SMILES string of the molecule is CCc1c(C#N)c(SC(Sc2nc(N3CCC(O)C3)c(C#N)c(CC)c2C#N)(C(N)=O)c2ccccc2)nc(N2CCC(O)C2)c1C#N. The fourth-order valence-corrected chi connectivity index (χ4v) is 8.85. The van der Waals surface area contributed by atoms with Crippen molar-refractivity contribution >= 4 is 41.1 Å². The number of amides is 1. The van der Waals surface area contributed by atoms with E-state index in [-0.39, 0.29) is 45.4 Å². The van der Waals surface area contributed by atoms with E-state index in [9.17, 15) is 36.1 Å². The molecule has 1 amide bonds. The Bertz CT molecular complexity index is 1800. The lowest BCUT2D eigenvalue weighted by Crippen LogP contribution is -2.36. The molecule has 0 saturated carbocycles. The summed E-state index contributed by atoms with van der Waals surface area (Å²) in [5, 5.41) is 62.1. The van der Waals surface area contributed by atoms with Gasteiger partial charge in [0.15, 0.2) is 4.08 Å². The number of nitrogens with zero attached hydrogens (tertiary/aromatic N) is 8.